The summed E-state index contributed by atoms with van der Waals surface area (Å²) >= 11 is 0. The minimum atomic E-state index is -3.92. The predicted octanol–water partition coefficient (Wildman–Crippen LogP) is 4.58. The Morgan fingerprint density at radius 3 is 2.36 bits per heavy atom. The van der Waals surface area contributed by atoms with Gasteiger partial charge in [-0.3, -0.25) is 4.79 Å². The number of aliphatic hydroxyl groups is 1. The summed E-state index contributed by atoms with van der Waals surface area (Å²) in [6, 6.07) is 12.3. The van der Waals surface area contributed by atoms with Crippen LogP contribution in [0.1, 0.15) is 59.3 Å². The van der Waals surface area contributed by atoms with Crippen molar-refractivity contribution in [2.75, 3.05) is 38.2 Å². The van der Waals surface area contributed by atoms with Crippen LogP contribution in [0.25, 0.3) is 0 Å². The fourth-order valence-corrected chi connectivity index (χ4v) is 9.17. The number of amides is 1. The molecule has 0 bridgehead atoms. The van der Waals surface area contributed by atoms with E-state index in [9.17, 15) is 22.7 Å². The largest absolute Gasteiger partial charge is 0.495 e. The molecule has 1 saturated heterocycles. The van der Waals surface area contributed by atoms with Crippen LogP contribution in [0.15, 0.2) is 53.4 Å². The fraction of sp³-hybridized carbons (Fsp3) is 0.594. The summed E-state index contributed by atoms with van der Waals surface area (Å²) in [4.78, 5) is 17.8. The molecule has 1 amide bonds. The SMILES string of the molecule is COc1ccccc1N1CCN(C(=O)CC[C@]23CC[C@](C)(O)C[C@H]2C(C)(C)C[C@@H]3NS(=O)(=O)c2ccc(F)cc2)CC1. The van der Waals surface area contributed by atoms with Crippen LogP contribution in [-0.4, -0.2) is 69.3 Å². The van der Waals surface area contributed by atoms with Gasteiger partial charge in [-0.15, -0.1) is 0 Å². The molecule has 1 aliphatic heterocycles. The molecule has 2 saturated carbocycles. The molecule has 2 N–H and O–H groups in total. The van der Waals surface area contributed by atoms with Gasteiger partial charge in [-0.1, -0.05) is 26.0 Å². The van der Waals surface area contributed by atoms with Crippen molar-refractivity contribution in [2.24, 2.45) is 16.7 Å². The second-order valence-corrected chi connectivity index (χ2v) is 15.1. The molecule has 42 heavy (non-hydrogen) atoms. The van der Waals surface area contributed by atoms with Crippen LogP contribution >= 0.6 is 0 Å². The molecular weight excluding hydrogens is 557 g/mol. The third-order valence-electron chi connectivity index (χ3n) is 10.1. The zero-order valence-corrected chi connectivity index (χ0v) is 25.9. The van der Waals surface area contributed by atoms with Crippen molar-refractivity contribution >= 4 is 21.6 Å². The lowest BCUT2D eigenvalue weighted by Gasteiger charge is -2.51. The highest BCUT2D eigenvalue weighted by molar-refractivity contribution is 7.89. The van der Waals surface area contributed by atoms with Crippen LogP contribution in [-0.2, 0) is 14.8 Å². The average Bonchev–Trinajstić information content (AvgIpc) is 3.16. The number of anilines is 1. The summed E-state index contributed by atoms with van der Waals surface area (Å²) < 4.78 is 48.9. The normalized spacial score (nSPS) is 29.3. The highest BCUT2D eigenvalue weighted by atomic mass is 32.2. The minimum absolute atomic E-state index is 0.0205. The zero-order valence-electron chi connectivity index (χ0n) is 25.1. The second kappa shape index (κ2) is 11.4. The molecule has 8 nitrogen and oxygen atoms in total. The molecule has 0 aromatic heterocycles. The van der Waals surface area contributed by atoms with E-state index >= 15 is 0 Å². The van der Waals surface area contributed by atoms with Gasteiger partial charge in [-0.05, 0) is 92.2 Å². The number of nitrogens with one attached hydrogen (secondary N) is 1. The Morgan fingerprint density at radius 1 is 1.02 bits per heavy atom. The molecule has 4 atom stereocenters. The van der Waals surface area contributed by atoms with Gasteiger partial charge in [0, 0.05) is 38.6 Å². The van der Waals surface area contributed by atoms with Crippen molar-refractivity contribution in [1.29, 1.82) is 0 Å². The number of nitrogens with zero attached hydrogens (tertiary/aromatic N) is 2. The zero-order chi connectivity index (χ0) is 30.3. The van der Waals surface area contributed by atoms with Crippen molar-refractivity contribution in [2.45, 2.75) is 75.8 Å². The summed E-state index contributed by atoms with van der Waals surface area (Å²) in [7, 11) is -2.26. The standard InChI is InChI=1S/C32H44FN3O5S/c1-30(2)22-28(34-42(39,40)24-11-9-23(33)10-12-24)32(16-15-31(3,38)21-27(30)32)14-13-29(37)36-19-17-35(18-20-36)25-7-5-6-8-26(25)41-4/h5-12,27-28,34,38H,13-22H2,1-4H3/t27-,28-,31-,32-/m0/s1. The van der Waals surface area contributed by atoms with Crippen molar-refractivity contribution in [3.8, 4) is 5.75 Å². The molecule has 0 radical (unpaired) electrons. The number of piperazine rings is 1. The quantitative estimate of drug-likeness (QED) is 0.460. The van der Waals surface area contributed by atoms with Crippen molar-refractivity contribution in [3.63, 3.8) is 0 Å². The summed E-state index contributed by atoms with van der Waals surface area (Å²) in [6.45, 7) is 8.75. The van der Waals surface area contributed by atoms with Crippen molar-refractivity contribution < 1.29 is 27.4 Å². The number of carbonyl (C=O) groups is 1. The van der Waals surface area contributed by atoms with Crippen molar-refractivity contribution in [3.05, 3.63) is 54.3 Å². The molecule has 3 aliphatic rings. The maximum Gasteiger partial charge on any atom is 0.240 e. The maximum atomic E-state index is 13.6. The molecular formula is C32H44FN3O5S. The van der Waals surface area contributed by atoms with Crippen LogP contribution in [0.2, 0.25) is 0 Å². The molecule has 10 heteroatoms. The Morgan fingerprint density at radius 2 is 1.69 bits per heavy atom. The van der Waals surface area contributed by atoms with Crippen LogP contribution in [0, 0.1) is 22.6 Å². The van der Waals surface area contributed by atoms with Crippen molar-refractivity contribution in [1.82, 2.24) is 9.62 Å². The summed E-state index contributed by atoms with van der Waals surface area (Å²) in [5.74, 6) is 0.424. The lowest BCUT2D eigenvalue weighted by molar-refractivity contribution is -0.133. The number of sulfonamides is 1. The third kappa shape index (κ3) is 6.03. The van der Waals surface area contributed by atoms with Gasteiger partial charge in [-0.2, -0.15) is 0 Å². The number of carbonyl (C=O) groups excluding carboxylic acids is 1. The Kier molecular flexibility index (Phi) is 8.37. The monoisotopic (exact) mass is 601 g/mol. The number of hydrogen-bond acceptors (Lipinski definition) is 6. The van der Waals surface area contributed by atoms with Gasteiger partial charge < -0.3 is 19.6 Å². The molecule has 230 valence electrons. The highest BCUT2D eigenvalue weighted by Crippen LogP contribution is 2.64. The van der Waals surface area contributed by atoms with Gasteiger partial charge in [-0.25, -0.2) is 17.5 Å². The average molecular weight is 602 g/mol. The van der Waals surface area contributed by atoms with E-state index in [2.05, 4.69) is 23.5 Å². The Labute approximate surface area is 249 Å². The Bertz CT molecular complexity index is 1390. The van der Waals surface area contributed by atoms with Crippen LogP contribution in [0.5, 0.6) is 5.75 Å². The number of ether oxygens (including phenoxy) is 1. The topological polar surface area (TPSA) is 99.2 Å². The number of methoxy groups -OCH3 is 1. The van der Waals surface area contributed by atoms with Gasteiger partial charge in [0.1, 0.15) is 11.6 Å². The van der Waals surface area contributed by atoms with Crippen LogP contribution in [0.4, 0.5) is 10.1 Å². The molecule has 2 aromatic rings. The van der Waals surface area contributed by atoms with Gasteiger partial charge in [0.25, 0.3) is 0 Å². The second-order valence-electron chi connectivity index (χ2n) is 13.3. The third-order valence-corrected chi connectivity index (χ3v) is 11.6. The first-order valence-electron chi connectivity index (χ1n) is 14.9. The Balaban J connectivity index is 1.32. The minimum Gasteiger partial charge on any atom is -0.495 e. The first kappa shape index (κ1) is 30.8. The van der Waals surface area contributed by atoms with Gasteiger partial charge in [0.05, 0.1) is 23.3 Å². The molecule has 0 unspecified atom stereocenters. The van der Waals surface area contributed by atoms with Gasteiger partial charge in [0.15, 0.2) is 0 Å². The number of rotatable bonds is 8. The van der Waals surface area contributed by atoms with Gasteiger partial charge >= 0.3 is 0 Å². The van der Waals surface area contributed by atoms with E-state index in [0.717, 1.165) is 23.6 Å². The molecule has 1 heterocycles. The van der Waals surface area contributed by atoms with E-state index in [-0.39, 0.29) is 22.1 Å². The fourth-order valence-electron chi connectivity index (χ4n) is 7.85. The van der Waals surface area contributed by atoms with E-state index in [1.807, 2.05) is 36.1 Å². The summed E-state index contributed by atoms with van der Waals surface area (Å²) in [5.41, 5.74) is -0.542. The lowest BCUT2D eigenvalue weighted by atomic mass is 9.57. The molecule has 3 fully saturated rings. The van der Waals surface area contributed by atoms with Crippen LogP contribution < -0.4 is 14.4 Å². The van der Waals surface area contributed by atoms with Gasteiger partial charge in [0.2, 0.25) is 15.9 Å². The van der Waals surface area contributed by atoms with Crippen LogP contribution in [0.3, 0.4) is 0 Å². The number of fused-ring (bicyclic) bond motifs is 1. The summed E-state index contributed by atoms with van der Waals surface area (Å²) in [6.07, 6.45) is 3.18. The maximum absolute atomic E-state index is 13.6. The molecule has 5 rings (SSSR count). The van der Waals surface area contributed by atoms with E-state index in [1.165, 1.54) is 12.1 Å². The first-order valence-corrected chi connectivity index (χ1v) is 16.4. The highest BCUT2D eigenvalue weighted by Gasteiger charge is 2.62. The number of benzene rings is 2. The van der Waals surface area contributed by atoms with E-state index in [4.69, 9.17) is 4.74 Å². The Hall–Kier alpha value is -2.69. The number of hydrogen-bond donors (Lipinski definition) is 2. The van der Waals surface area contributed by atoms with E-state index in [0.29, 0.717) is 64.7 Å². The molecule has 2 aliphatic carbocycles. The predicted molar refractivity (Wildman–Crippen MR) is 160 cm³/mol. The molecule has 0 spiro atoms. The molecule has 2 aromatic carbocycles. The number of halogens is 1. The van der Waals surface area contributed by atoms with E-state index in [1.54, 1.807) is 7.11 Å². The summed E-state index contributed by atoms with van der Waals surface area (Å²) in [5, 5.41) is 11.1. The smallest absolute Gasteiger partial charge is 0.240 e. The number of para-hydroxylation sites is 2. The lowest BCUT2D eigenvalue weighted by Crippen LogP contribution is -2.53. The van der Waals surface area contributed by atoms with E-state index < -0.39 is 32.9 Å². The first-order chi connectivity index (χ1) is 19.8.